The Hall–Kier alpha value is -1.35. The summed E-state index contributed by atoms with van der Waals surface area (Å²) in [6, 6.07) is 6.55. The molecule has 0 saturated carbocycles. The number of hydrogen-bond acceptors (Lipinski definition) is 2. The highest BCUT2D eigenvalue weighted by Crippen LogP contribution is 2.14. The normalized spacial score (nSPS) is 10.9. The third-order valence-corrected chi connectivity index (χ3v) is 6.82. The van der Waals surface area contributed by atoms with Crippen LogP contribution in [-0.2, 0) is 0 Å². The van der Waals surface area contributed by atoms with E-state index in [2.05, 4.69) is 21.0 Å². The average Bonchev–Trinajstić information content (AvgIpc) is 2.83. The van der Waals surface area contributed by atoms with E-state index in [1.165, 1.54) is 147 Å². The van der Waals surface area contributed by atoms with Crippen LogP contribution in [0.2, 0.25) is 0 Å². The summed E-state index contributed by atoms with van der Waals surface area (Å²) >= 11 is 0. The highest BCUT2D eigenvalue weighted by molar-refractivity contribution is 5.85. The fraction of sp³-hybridized carbons (Fsp3) is 0.781. The zero-order chi connectivity index (χ0) is 26.0. The van der Waals surface area contributed by atoms with Crippen molar-refractivity contribution in [3.63, 3.8) is 0 Å². The summed E-state index contributed by atoms with van der Waals surface area (Å²) in [6.45, 7) is 5.55. The molecule has 1 N–H and O–H groups in total. The van der Waals surface area contributed by atoms with Gasteiger partial charge in [0.05, 0.1) is 26.6 Å². The molecule has 0 bridgehead atoms. The van der Waals surface area contributed by atoms with Crippen molar-refractivity contribution in [2.24, 2.45) is 0 Å². The lowest BCUT2D eigenvalue weighted by Gasteiger charge is -2.06. The second kappa shape index (κ2) is 25.7. The van der Waals surface area contributed by atoms with Crippen molar-refractivity contribution in [3.8, 4) is 0 Å². The molecule has 0 aromatic heterocycles. The minimum atomic E-state index is -1.12. The number of aromatic carboxylic acids is 1. The van der Waals surface area contributed by atoms with E-state index in [0.717, 1.165) is 5.56 Å². The van der Waals surface area contributed by atoms with Crippen molar-refractivity contribution in [3.05, 3.63) is 35.4 Å². The van der Waals surface area contributed by atoms with Crippen LogP contribution in [0.3, 0.4) is 0 Å². The molecule has 0 aliphatic rings. The Bertz CT molecular complexity index is 567. The number of quaternary nitrogens is 1. The van der Waals surface area contributed by atoms with Crippen molar-refractivity contribution in [1.82, 2.24) is 0 Å². The van der Waals surface area contributed by atoms with Gasteiger partial charge in [-0.3, -0.25) is 0 Å². The fourth-order valence-corrected chi connectivity index (χ4v) is 4.42. The number of aryl methyl sites for hydroxylation is 1. The van der Waals surface area contributed by atoms with E-state index in [1.54, 1.807) is 17.0 Å². The number of hydrogen-bond donors (Lipinski definition) is 1. The summed E-state index contributed by atoms with van der Waals surface area (Å²) in [7, 11) is 4.52. The lowest BCUT2D eigenvalue weighted by atomic mass is 10.0. The molecule has 0 radical (unpaired) electrons. The van der Waals surface area contributed by atoms with Gasteiger partial charge >= 0.3 is 0 Å². The Labute approximate surface area is 219 Å². The highest BCUT2D eigenvalue weighted by Gasteiger charge is 1.96. The molecule has 0 heterocycles. The van der Waals surface area contributed by atoms with Crippen LogP contribution in [0.1, 0.15) is 151 Å². The third kappa shape index (κ3) is 25.5. The third-order valence-electron chi connectivity index (χ3n) is 6.82. The van der Waals surface area contributed by atoms with E-state index in [0.29, 0.717) is 0 Å². The largest absolute Gasteiger partial charge is 0.545 e. The Kier molecular flexibility index (Phi) is 24.7. The molecule has 35 heavy (non-hydrogen) atoms. The van der Waals surface area contributed by atoms with E-state index in [9.17, 15) is 9.90 Å². The number of benzene rings is 1. The van der Waals surface area contributed by atoms with Crippen LogP contribution in [0.25, 0.3) is 0 Å². The van der Waals surface area contributed by atoms with Crippen LogP contribution in [-0.4, -0.2) is 26.6 Å². The van der Waals surface area contributed by atoms with Crippen molar-refractivity contribution in [2.45, 2.75) is 142 Å². The van der Waals surface area contributed by atoms with Gasteiger partial charge in [-0.05, 0) is 25.3 Å². The van der Waals surface area contributed by atoms with Gasteiger partial charge in [-0.15, -0.1) is 0 Å². The SMILES string of the molecule is CCCCCCCCCCCCCCCCCCCCCC[NH+](C)C.Cc1ccc(C(=O)[O-])cc1. The van der Waals surface area contributed by atoms with Gasteiger partial charge in [0.15, 0.2) is 0 Å². The van der Waals surface area contributed by atoms with Crippen LogP contribution in [0.15, 0.2) is 24.3 Å². The van der Waals surface area contributed by atoms with Gasteiger partial charge in [-0.1, -0.05) is 152 Å². The standard InChI is InChI=1S/C24H51N.C8H8O2/c1-4-5-6-7-8-9-10-11-12-13-14-15-16-17-18-19-20-21-22-23-24-25(2)3;1-6-2-4-7(5-3-6)8(9)10/h4-24H2,1-3H3;2-5H,1H3,(H,9,10). The van der Waals surface area contributed by atoms with Gasteiger partial charge < -0.3 is 14.8 Å². The summed E-state index contributed by atoms with van der Waals surface area (Å²) in [4.78, 5) is 11.8. The molecule has 3 nitrogen and oxygen atoms in total. The second-order valence-electron chi connectivity index (χ2n) is 10.8. The van der Waals surface area contributed by atoms with Crippen LogP contribution in [0, 0.1) is 6.92 Å². The minimum Gasteiger partial charge on any atom is -0.545 e. The molecule has 0 spiro atoms. The molecular weight excluding hydrogens is 430 g/mol. The van der Waals surface area contributed by atoms with Crippen molar-refractivity contribution < 1.29 is 14.8 Å². The predicted octanol–water partition coefficient (Wildman–Crippen LogP) is 7.31. The summed E-state index contributed by atoms with van der Waals surface area (Å²) in [5.41, 5.74) is 1.27. The Balaban J connectivity index is 0.000000952. The van der Waals surface area contributed by atoms with Gasteiger partial charge in [0.25, 0.3) is 0 Å². The summed E-state index contributed by atoms with van der Waals surface area (Å²) in [5, 5.41) is 10.2. The quantitative estimate of drug-likeness (QED) is 0.174. The molecule has 0 unspecified atom stereocenters. The monoisotopic (exact) mass is 489 g/mol. The molecule has 1 rings (SSSR count). The topological polar surface area (TPSA) is 44.6 Å². The Morgan fingerprint density at radius 3 is 1.20 bits per heavy atom. The molecule has 0 atom stereocenters. The number of unbranched alkanes of at least 4 members (excludes halogenated alkanes) is 19. The smallest absolute Gasteiger partial charge is 0.0766 e. The molecule has 0 fully saturated rings. The molecule has 0 saturated heterocycles. The first-order valence-electron chi connectivity index (χ1n) is 15.0. The van der Waals surface area contributed by atoms with Gasteiger partial charge in [0, 0.05) is 0 Å². The van der Waals surface area contributed by atoms with Gasteiger partial charge in [0.1, 0.15) is 0 Å². The van der Waals surface area contributed by atoms with Gasteiger partial charge in [-0.2, -0.15) is 0 Å². The maximum absolute atomic E-state index is 10.2. The summed E-state index contributed by atoms with van der Waals surface area (Å²) < 4.78 is 0. The number of nitrogens with one attached hydrogen (secondary N) is 1. The van der Waals surface area contributed by atoms with Crippen molar-refractivity contribution >= 4 is 5.97 Å². The maximum Gasteiger partial charge on any atom is 0.0766 e. The molecule has 0 amide bonds. The number of carboxylic acids is 1. The number of carboxylic acid groups (broad SMARTS) is 1. The molecule has 3 heteroatoms. The average molecular weight is 490 g/mol. The van der Waals surface area contributed by atoms with E-state index < -0.39 is 5.97 Å². The van der Waals surface area contributed by atoms with E-state index in [-0.39, 0.29) is 5.56 Å². The number of carbonyl (C=O) groups excluding carboxylic acids is 1. The van der Waals surface area contributed by atoms with Crippen LogP contribution >= 0.6 is 0 Å². The molecule has 1 aromatic rings. The molecule has 0 aliphatic heterocycles. The number of carbonyl (C=O) groups is 1. The minimum absolute atomic E-state index is 0.227. The van der Waals surface area contributed by atoms with Gasteiger partial charge in [-0.25, -0.2) is 0 Å². The number of rotatable bonds is 22. The molecule has 1 aromatic carbocycles. The van der Waals surface area contributed by atoms with Crippen molar-refractivity contribution in [2.75, 3.05) is 20.6 Å². The Morgan fingerprint density at radius 1 is 0.600 bits per heavy atom. The van der Waals surface area contributed by atoms with Crippen molar-refractivity contribution in [1.29, 1.82) is 0 Å². The maximum atomic E-state index is 10.2. The first-order chi connectivity index (χ1) is 17.0. The Morgan fingerprint density at radius 2 is 0.914 bits per heavy atom. The predicted molar refractivity (Wildman–Crippen MR) is 151 cm³/mol. The van der Waals surface area contributed by atoms with E-state index in [4.69, 9.17) is 0 Å². The highest BCUT2D eigenvalue weighted by atomic mass is 16.4. The van der Waals surface area contributed by atoms with Crippen LogP contribution in [0.5, 0.6) is 0 Å². The van der Waals surface area contributed by atoms with E-state index >= 15 is 0 Å². The zero-order valence-corrected chi connectivity index (χ0v) is 24.0. The fourth-order valence-electron chi connectivity index (χ4n) is 4.42. The molecule has 204 valence electrons. The van der Waals surface area contributed by atoms with E-state index in [1.807, 2.05) is 6.92 Å². The second-order valence-corrected chi connectivity index (χ2v) is 10.8. The first kappa shape index (κ1) is 33.7. The zero-order valence-electron chi connectivity index (χ0n) is 24.0. The summed E-state index contributed by atoms with van der Waals surface area (Å²) in [5.74, 6) is -1.12. The molecule has 0 aliphatic carbocycles. The van der Waals surface area contributed by atoms with Gasteiger partial charge in [0.2, 0.25) is 0 Å². The lowest BCUT2D eigenvalue weighted by molar-refractivity contribution is -0.858. The lowest BCUT2D eigenvalue weighted by Crippen LogP contribution is -3.05. The van der Waals surface area contributed by atoms with Crippen LogP contribution in [0.4, 0.5) is 0 Å². The molecular formula is C32H59NO2. The van der Waals surface area contributed by atoms with Crippen LogP contribution < -0.4 is 10.0 Å². The first-order valence-corrected chi connectivity index (χ1v) is 15.0. The summed E-state index contributed by atoms with van der Waals surface area (Å²) in [6.07, 6.45) is 29.4.